The summed E-state index contributed by atoms with van der Waals surface area (Å²) >= 11 is 18.0. The Kier molecular flexibility index (Phi) is 6.12. The van der Waals surface area contributed by atoms with Crippen LogP contribution in [0.25, 0.3) is 0 Å². The predicted molar refractivity (Wildman–Crippen MR) is 106 cm³/mol. The van der Waals surface area contributed by atoms with Gasteiger partial charge in [-0.2, -0.15) is 0 Å². The lowest BCUT2D eigenvalue weighted by atomic mass is 10.2. The first kappa shape index (κ1) is 18.4. The number of rotatable bonds is 3. The Morgan fingerprint density at radius 1 is 1.00 bits per heavy atom. The Morgan fingerprint density at radius 3 is 2.20 bits per heavy atom. The van der Waals surface area contributed by atoms with Gasteiger partial charge in [-0.05, 0) is 48.6 Å². The van der Waals surface area contributed by atoms with E-state index in [0.717, 1.165) is 44.0 Å². The van der Waals surface area contributed by atoms with Gasteiger partial charge in [0.1, 0.15) is 5.82 Å². The van der Waals surface area contributed by atoms with Gasteiger partial charge in [0.05, 0.1) is 0 Å². The smallest absolute Gasteiger partial charge is 0.173 e. The molecule has 0 spiro atoms. The van der Waals surface area contributed by atoms with Gasteiger partial charge in [-0.15, -0.1) is 0 Å². The zero-order valence-electron chi connectivity index (χ0n) is 13.5. The summed E-state index contributed by atoms with van der Waals surface area (Å²) in [4.78, 5) is 4.42. The van der Waals surface area contributed by atoms with Gasteiger partial charge in [0, 0.05) is 54.0 Å². The normalized spacial score (nSPS) is 15.2. The molecular formula is C18H18Cl2FN3S. The van der Waals surface area contributed by atoms with E-state index < -0.39 is 0 Å². The number of nitrogens with one attached hydrogen (secondary N) is 1. The van der Waals surface area contributed by atoms with E-state index in [1.807, 2.05) is 18.2 Å². The molecular weight excluding hydrogens is 380 g/mol. The SMILES string of the molecule is Fc1ccc(NC(=S)N2CCN(Cc3c(Cl)cccc3Cl)CC2)cc1. The number of hydrogen-bond donors (Lipinski definition) is 1. The van der Waals surface area contributed by atoms with E-state index in [1.165, 1.54) is 12.1 Å². The lowest BCUT2D eigenvalue weighted by Gasteiger charge is -2.36. The Labute approximate surface area is 162 Å². The molecule has 3 rings (SSSR count). The lowest BCUT2D eigenvalue weighted by molar-refractivity contribution is 0.177. The Bertz CT molecular complexity index is 726. The fourth-order valence-corrected chi connectivity index (χ4v) is 3.57. The molecule has 1 heterocycles. The van der Waals surface area contributed by atoms with Crippen molar-refractivity contribution in [1.82, 2.24) is 9.80 Å². The monoisotopic (exact) mass is 397 g/mol. The molecule has 0 unspecified atom stereocenters. The highest BCUT2D eigenvalue weighted by atomic mass is 35.5. The Hall–Kier alpha value is -1.40. The molecule has 1 aliphatic rings. The lowest BCUT2D eigenvalue weighted by Crippen LogP contribution is -2.49. The summed E-state index contributed by atoms with van der Waals surface area (Å²) in [5, 5.41) is 5.20. The summed E-state index contributed by atoms with van der Waals surface area (Å²) in [7, 11) is 0. The maximum atomic E-state index is 13.0. The van der Waals surface area contributed by atoms with Crippen LogP contribution in [0.3, 0.4) is 0 Å². The van der Waals surface area contributed by atoms with E-state index in [2.05, 4.69) is 15.1 Å². The van der Waals surface area contributed by atoms with Crippen LogP contribution in [0.2, 0.25) is 10.0 Å². The number of anilines is 1. The summed E-state index contributed by atoms with van der Waals surface area (Å²) in [5.74, 6) is -0.261. The molecule has 1 N–H and O–H groups in total. The zero-order chi connectivity index (χ0) is 17.8. The first-order valence-electron chi connectivity index (χ1n) is 7.99. The highest BCUT2D eigenvalue weighted by Crippen LogP contribution is 2.26. The van der Waals surface area contributed by atoms with E-state index >= 15 is 0 Å². The molecule has 0 atom stereocenters. The second-order valence-corrected chi connectivity index (χ2v) is 7.10. The first-order valence-corrected chi connectivity index (χ1v) is 9.16. The van der Waals surface area contributed by atoms with Crippen molar-refractivity contribution in [3.8, 4) is 0 Å². The van der Waals surface area contributed by atoms with Crippen LogP contribution in [0.4, 0.5) is 10.1 Å². The number of thiocarbonyl (C=S) groups is 1. The maximum absolute atomic E-state index is 13.0. The summed E-state index contributed by atoms with van der Waals surface area (Å²) in [6.07, 6.45) is 0. The van der Waals surface area contributed by atoms with Gasteiger partial charge < -0.3 is 10.2 Å². The van der Waals surface area contributed by atoms with E-state index in [4.69, 9.17) is 35.4 Å². The Balaban J connectivity index is 1.53. The highest BCUT2D eigenvalue weighted by Gasteiger charge is 2.20. The van der Waals surface area contributed by atoms with Crippen molar-refractivity contribution in [3.05, 3.63) is 63.9 Å². The van der Waals surface area contributed by atoms with Crippen LogP contribution in [0.15, 0.2) is 42.5 Å². The van der Waals surface area contributed by atoms with Gasteiger partial charge in [0.2, 0.25) is 0 Å². The van der Waals surface area contributed by atoms with Crippen LogP contribution >= 0.6 is 35.4 Å². The van der Waals surface area contributed by atoms with Gasteiger partial charge in [-0.3, -0.25) is 4.90 Å². The number of piperazine rings is 1. The molecule has 0 amide bonds. The minimum atomic E-state index is -0.261. The topological polar surface area (TPSA) is 18.5 Å². The molecule has 25 heavy (non-hydrogen) atoms. The molecule has 1 fully saturated rings. The second kappa shape index (κ2) is 8.32. The molecule has 0 bridgehead atoms. The highest BCUT2D eigenvalue weighted by molar-refractivity contribution is 7.80. The number of benzene rings is 2. The third kappa shape index (κ3) is 4.82. The largest absolute Gasteiger partial charge is 0.346 e. The number of hydrogen-bond acceptors (Lipinski definition) is 2. The summed E-state index contributed by atoms with van der Waals surface area (Å²) in [6, 6.07) is 11.8. The standard InChI is InChI=1S/C18H18Cl2FN3S/c19-16-2-1-3-17(20)15(16)12-23-8-10-24(11-9-23)18(25)22-14-6-4-13(21)5-7-14/h1-7H,8-12H2,(H,22,25). The van der Waals surface area contributed by atoms with Crippen molar-refractivity contribution in [3.63, 3.8) is 0 Å². The molecule has 2 aromatic carbocycles. The predicted octanol–water partition coefficient (Wildman–Crippen LogP) is 4.65. The van der Waals surface area contributed by atoms with Crippen molar-refractivity contribution in [2.45, 2.75) is 6.54 Å². The van der Waals surface area contributed by atoms with Crippen molar-refractivity contribution in [2.24, 2.45) is 0 Å². The number of halogens is 3. The third-order valence-electron chi connectivity index (χ3n) is 4.20. The van der Waals surface area contributed by atoms with Crippen LogP contribution in [0, 0.1) is 5.82 Å². The third-order valence-corrected chi connectivity index (χ3v) is 5.27. The Morgan fingerprint density at radius 2 is 1.60 bits per heavy atom. The minimum Gasteiger partial charge on any atom is -0.346 e. The summed E-state index contributed by atoms with van der Waals surface area (Å²) in [6.45, 7) is 4.09. The van der Waals surface area contributed by atoms with Gasteiger partial charge in [-0.25, -0.2) is 4.39 Å². The quantitative estimate of drug-likeness (QED) is 0.759. The van der Waals surface area contributed by atoms with Crippen LogP contribution in [-0.2, 0) is 6.54 Å². The maximum Gasteiger partial charge on any atom is 0.173 e. The summed E-state index contributed by atoms with van der Waals surface area (Å²) in [5.41, 5.74) is 1.75. The van der Waals surface area contributed by atoms with Gasteiger partial charge >= 0.3 is 0 Å². The van der Waals surface area contributed by atoms with Gasteiger partial charge in [0.25, 0.3) is 0 Å². The molecule has 0 saturated carbocycles. The van der Waals surface area contributed by atoms with Crippen LogP contribution in [0.5, 0.6) is 0 Å². The molecule has 132 valence electrons. The van der Waals surface area contributed by atoms with E-state index in [9.17, 15) is 4.39 Å². The van der Waals surface area contributed by atoms with E-state index in [0.29, 0.717) is 15.2 Å². The number of nitrogens with zero attached hydrogens (tertiary/aromatic N) is 2. The van der Waals surface area contributed by atoms with Gasteiger partial charge in [0.15, 0.2) is 5.11 Å². The van der Waals surface area contributed by atoms with Crippen molar-refractivity contribution >= 4 is 46.2 Å². The zero-order valence-corrected chi connectivity index (χ0v) is 15.8. The molecule has 1 aliphatic heterocycles. The molecule has 0 aliphatic carbocycles. The van der Waals surface area contributed by atoms with Crippen molar-refractivity contribution in [2.75, 3.05) is 31.5 Å². The average molecular weight is 398 g/mol. The molecule has 2 aromatic rings. The molecule has 7 heteroatoms. The van der Waals surface area contributed by atoms with Crippen LogP contribution in [-0.4, -0.2) is 41.1 Å². The van der Waals surface area contributed by atoms with Crippen LogP contribution in [0.1, 0.15) is 5.56 Å². The molecule has 3 nitrogen and oxygen atoms in total. The fourth-order valence-electron chi connectivity index (χ4n) is 2.75. The van der Waals surface area contributed by atoms with Crippen LogP contribution < -0.4 is 5.32 Å². The molecule has 0 radical (unpaired) electrons. The van der Waals surface area contributed by atoms with E-state index in [-0.39, 0.29) is 5.82 Å². The van der Waals surface area contributed by atoms with Crippen molar-refractivity contribution in [1.29, 1.82) is 0 Å². The van der Waals surface area contributed by atoms with E-state index in [1.54, 1.807) is 12.1 Å². The molecule has 1 saturated heterocycles. The van der Waals surface area contributed by atoms with Gasteiger partial charge in [-0.1, -0.05) is 29.3 Å². The summed E-state index contributed by atoms with van der Waals surface area (Å²) < 4.78 is 13.0. The first-order chi connectivity index (χ1) is 12.0. The molecule has 0 aromatic heterocycles. The minimum absolute atomic E-state index is 0.261. The van der Waals surface area contributed by atoms with Crippen molar-refractivity contribution < 1.29 is 4.39 Å². The fraction of sp³-hybridized carbons (Fsp3) is 0.278. The average Bonchev–Trinajstić information content (AvgIpc) is 2.61. The second-order valence-electron chi connectivity index (χ2n) is 5.90.